The molecule has 0 fully saturated rings. The minimum absolute atomic E-state index is 0.125. The van der Waals surface area contributed by atoms with Crippen LogP contribution in [-0.2, 0) is 0 Å². The molecule has 0 aliphatic carbocycles. The van der Waals surface area contributed by atoms with E-state index in [0.717, 1.165) is 6.07 Å². The number of hydrogen-bond donors (Lipinski definition) is 0. The predicted molar refractivity (Wildman–Crippen MR) is 53.0 cm³/mol. The van der Waals surface area contributed by atoms with Crippen molar-refractivity contribution >= 4 is 29.0 Å². The van der Waals surface area contributed by atoms with Gasteiger partial charge in [-0.2, -0.15) is 0 Å². The highest BCUT2D eigenvalue weighted by Crippen LogP contribution is 2.28. The van der Waals surface area contributed by atoms with Gasteiger partial charge in [-0.05, 0) is 12.1 Å². The van der Waals surface area contributed by atoms with Crippen LogP contribution in [0, 0.1) is 5.82 Å². The van der Waals surface area contributed by atoms with Crippen LogP contribution in [0.4, 0.5) is 4.39 Å². The first-order valence-corrected chi connectivity index (χ1v) is 4.63. The van der Waals surface area contributed by atoms with Gasteiger partial charge in [0.05, 0.1) is 13.0 Å². The number of carbonyl (C=O) groups is 1. The van der Waals surface area contributed by atoms with Crippen LogP contribution in [-0.4, -0.2) is 18.8 Å². The van der Waals surface area contributed by atoms with E-state index in [2.05, 4.69) is 0 Å². The summed E-state index contributed by atoms with van der Waals surface area (Å²) < 4.78 is 17.9. The molecule has 0 aliphatic heterocycles. The quantitative estimate of drug-likeness (QED) is 0.596. The highest BCUT2D eigenvalue weighted by molar-refractivity contribution is 6.33. The zero-order valence-corrected chi connectivity index (χ0v) is 8.82. The zero-order valence-electron chi connectivity index (χ0n) is 7.31. The van der Waals surface area contributed by atoms with E-state index in [1.807, 2.05) is 0 Å². The SMILES string of the molecule is COc1cc(C(=O)CCl)cc(F)c1Cl. The van der Waals surface area contributed by atoms with Gasteiger partial charge < -0.3 is 4.74 Å². The first-order valence-electron chi connectivity index (χ1n) is 3.72. The number of rotatable bonds is 3. The van der Waals surface area contributed by atoms with E-state index in [1.165, 1.54) is 13.2 Å². The summed E-state index contributed by atoms with van der Waals surface area (Å²) in [4.78, 5) is 11.1. The second kappa shape index (κ2) is 4.62. The largest absolute Gasteiger partial charge is 0.495 e. The molecule has 0 N–H and O–H groups in total. The summed E-state index contributed by atoms with van der Waals surface area (Å²) in [7, 11) is 1.34. The minimum Gasteiger partial charge on any atom is -0.495 e. The first-order chi connectivity index (χ1) is 6.60. The van der Waals surface area contributed by atoms with Gasteiger partial charge in [-0.3, -0.25) is 4.79 Å². The maximum Gasteiger partial charge on any atom is 0.177 e. The van der Waals surface area contributed by atoms with Crippen LogP contribution >= 0.6 is 23.2 Å². The van der Waals surface area contributed by atoms with E-state index in [-0.39, 0.29) is 28.0 Å². The van der Waals surface area contributed by atoms with Gasteiger partial charge in [0.2, 0.25) is 0 Å². The molecule has 0 amide bonds. The second-order valence-electron chi connectivity index (χ2n) is 2.53. The van der Waals surface area contributed by atoms with E-state index in [9.17, 15) is 9.18 Å². The van der Waals surface area contributed by atoms with Crippen molar-refractivity contribution in [3.63, 3.8) is 0 Å². The molecule has 14 heavy (non-hydrogen) atoms. The van der Waals surface area contributed by atoms with Crippen LogP contribution in [0.25, 0.3) is 0 Å². The Morgan fingerprint density at radius 2 is 2.21 bits per heavy atom. The standard InChI is InChI=1S/C9H7Cl2FO2/c1-14-8-3-5(7(13)4-10)2-6(12)9(8)11/h2-3H,4H2,1H3. The Labute approximate surface area is 90.6 Å². The Hall–Kier alpha value is -0.800. The first kappa shape index (κ1) is 11.3. The molecule has 1 aromatic rings. The van der Waals surface area contributed by atoms with Crippen LogP contribution < -0.4 is 4.74 Å². The number of Topliss-reactive ketones (excluding diaryl/α,β-unsaturated/α-hetero) is 1. The van der Waals surface area contributed by atoms with Crippen molar-refractivity contribution in [3.8, 4) is 5.75 Å². The van der Waals surface area contributed by atoms with E-state index < -0.39 is 5.82 Å². The van der Waals surface area contributed by atoms with Crippen LogP contribution in [0.15, 0.2) is 12.1 Å². The molecule has 1 rings (SSSR count). The van der Waals surface area contributed by atoms with E-state index in [0.29, 0.717) is 0 Å². The summed E-state index contributed by atoms with van der Waals surface area (Å²) in [5.41, 5.74) is 0.152. The summed E-state index contributed by atoms with van der Waals surface area (Å²) >= 11 is 10.9. The van der Waals surface area contributed by atoms with E-state index in [1.54, 1.807) is 0 Å². The van der Waals surface area contributed by atoms with Gasteiger partial charge in [0, 0.05) is 5.56 Å². The fourth-order valence-corrected chi connectivity index (χ4v) is 1.29. The van der Waals surface area contributed by atoms with Gasteiger partial charge in [-0.1, -0.05) is 11.6 Å². The molecule has 5 heteroatoms. The van der Waals surface area contributed by atoms with Gasteiger partial charge in [0.15, 0.2) is 5.78 Å². The van der Waals surface area contributed by atoms with Gasteiger partial charge in [-0.25, -0.2) is 4.39 Å². The summed E-state index contributed by atoms with van der Waals surface area (Å²) in [6.07, 6.45) is 0. The number of methoxy groups -OCH3 is 1. The molecule has 0 saturated carbocycles. The number of hydrogen-bond acceptors (Lipinski definition) is 2. The molecular weight excluding hydrogens is 230 g/mol. The smallest absolute Gasteiger partial charge is 0.177 e. The molecule has 76 valence electrons. The Morgan fingerprint density at radius 1 is 1.57 bits per heavy atom. The Bertz CT molecular complexity index is 366. The number of ketones is 1. The lowest BCUT2D eigenvalue weighted by Crippen LogP contribution is -2.02. The van der Waals surface area contributed by atoms with Crippen molar-refractivity contribution in [2.45, 2.75) is 0 Å². The van der Waals surface area contributed by atoms with Gasteiger partial charge >= 0.3 is 0 Å². The molecule has 0 heterocycles. The van der Waals surface area contributed by atoms with Crippen LogP contribution in [0.5, 0.6) is 5.75 Å². The lowest BCUT2D eigenvalue weighted by atomic mass is 10.1. The summed E-state index contributed by atoms with van der Waals surface area (Å²) in [5, 5.41) is -0.140. The van der Waals surface area contributed by atoms with Gasteiger partial charge in [-0.15, -0.1) is 11.6 Å². The Kier molecular flexibility index (Phi) is 3.72. The highest BCUT2D eigenvalue weighted by Gasteiger charge is 2.13. The molecule has 0 unspecified atom stereocenters. The van der Waals surface area contributed by atoms with Crippen molar-refractivity contribution in [2.75, 3.05) is 13.0 Å². The second-order valence-corrected chi connectivity index (χ2v) is 3.18. The molecule has 1 aromatic carbocycles. The topological polar surface area (TPSA) is 26.3 Å². The number of alkyl halides is 1. The lowest BCUT2D eigenvalue weighted by Gasteiger charge is -2.05. The third kappa shape index (κ3) is 2.16. The zero-order chi connectivity index (χ0) is 10.7. The van der Waals surface area contributed by atoms with Gasteiger partial charge in [0.25, 0.3) is 0 Å². The number of ether oxygens (including phenoxy) is 1. The van der Waals surface area contributed by atoms with Crippen LogP contribution in [0.2, 0.25) is 5.02 Å². The number of halogens is 3. The fourth-order valence-electron chi connectivity index (χ4n) is 0.951. The van der Waals surface area contributed by atoms with Crippen molar-refractivity contribution in [3.05, 3.63) is 28.5 Å². The Balaban J connectivity index is 3.22. The summed E-state index contributed by atoms with van der Waals surface area (Å²) in [5.74, 6) is -1.15. The average molecular weight is 237 g/mol. The molecule has 0 bridgehead atoms. The van der Waals surface area contributed by atoms with Crippen molar-refractivity contribution < 1.29 is 13.9 Å². The normalized spacial score (nSPS) is 10.0. The maximum absolute atomic E-state index is 13.1. The Morgan fingerprint density at radius 3 is 2.71 bits per heavy atom. The van der Waals surface area contributed by atoms with E-state index >= 15 is 0 Å². The van der Waals surface area contributed by atoms with Gasteiger partial charge in [0.1, 0.15) is 16.6 Å². The number of benzene rings is 1. The monoisotopic (exact) mass is 236 g/mol. The molecule has 0 radical (unpaired) electrons. The summed E-state index contributed by atoms with van der Waals surface area (Å²) in [6, 6.07) is 2.39. The maximum atomic E-state index is 13.1. The molecule has 0 aliphatic rings. The molecular formula is C9H7Cl2FO2. The third-order valence-electron chi connectivity index (χ3n) is 1.66. The molecule has 2 nitrogen and oxygen atoms in total. The predicted octanol–water partition coefficient (Wildman–Crippen LogP) is 2.91. The highest BCUT2D eigenvalue weighted by atomic mass is 35.5. The molecule has 0 saturated heterocycles. The molecule has 0 atom stereocenters. The fraction of sp³-hybridized carbons (Fsp3) is 0.222. The van der Waals surface area contributed by atoms with E-state index in [4.69, 9.17) is 27.9 Å². The van der Waals surface area contributed by atoms with Crippen molar-refractivity contribution in [1.29, 1.82) is 0 Å². The van der Waals surface area contributed by atoms with Crippen molar-refractivity contribution in [1.82, 2.24) is 0 Å². The molecule has 0 aromatic heterocycles. The number of carbonyl (C=O) groups excluding carboxylic acids is 1. The third-order valence-corrected chi connectivity index (χ3v) is 2.27. The minimum atomic E-state index is -0.695. The molecule has 0 spiro atoms. The van der Waals surface area contributed by atoms with Crippen LogP contribution in [0.1, 0.15) is 10.4 Å². The van der Waals surface area contributed by atoms with Crippen molar-refractivity contribution in [2.24, 2.45) is 0 Å². The average Bonchev–Trinajstić information content (AvgIpc) is 2.20. The summed E-state index contributed by atoms with van der Waals surface area (Å²) in [6.45, 7) is 0. The van der Waals surface area contributed by atoms with Crippen LogP contribution in [0.3, 0.4) is 0 Å². The lowest BCUT2D eigenvalue weighted by molar-refractivity contribution is 0.102.